The molecule has 0 saturated carbocycles. The maximum atomic E-state index is 10.3. The molecular weight excluding hydrogens is 288 g/mol. The van der Waals surface area contributed by atoms with E-state index in [0.29, 0.717) is 6.42 Å². The van der Waals surface area contributed by atoms with E-state index < -0.39 is 16.3 Å². The van der Waals surface area contributed by atoms with Crippen molar-refractivity contribution in [1.29, 1.82) is 0 Å². The second-order valence-corrected chi connectivity index (χ2v) is 6.43. The van der Waals surface area contributed by atoms with Crippen molar-refractivity contribution in [3.05, 3.63) is 0 Å². The molecule has 0 aliphatic carbocycles. The van der Waals surface area contributed by atoms with E-state index in [1.807, 2.05) is 0 Å². The minimum atomic E-state index is -1.99. The number of unbranched alkanes of at least 4 members (excludes halogenated alkanes) is 12. The van der Waals surface area contributed by atoms with Crippen LogP contribution in [-0.2, 0) is 20.2 Å². The fourth-order valence-corrected chi connectivity index (χ4v) is 2.72. The largest absolute Gasteiger partial charge is 0.355 e. The molecule has 0 aromatic carbocycles. The van der Waals surface area contributed by atoms with Crippen molar-refractivity contribution in [2.75, 3.05) is 0 Å². The van der Waals surface area contributed by atoms with E-state index >= 15 is 0 Å². The Morgan fingerprint density at radius 1 is 0.667 bits per heavy atom. The Labute approximate surface area is 130 Å². The fourth-order valence-electron chi connectivity index (χ4n) is 2.36. The Balaban J connectivity index is 3.06. The van der Waals surface area contributed by atoms with Crippen LogP contribution in [0.2, 0.25) is 0 Å². The van der Waals surface area contributed by atoms with E-state index in [-0.39, 0.29) is 6.42 Å². The SMILES string of the molecule is [O]C(=O)CCCCCCCCCCCCCCC=S(=O)=O. The van der Waals surface area contributed by atoms with Gasteiger partial charge in [0.25, 0.3) is 0 Å². The highest BCUT2D eigenvalue weighted by molar-refractivity contribution is 7.71. The molecule has 1 radical (unpaired) electrons. The lowest BCUT2D eigenvalue weighted by atomic mass is 10.0. The summed E-state index contributed by atoms with van der Waals surface area (Å²) < 4.78 is 20.5. The summed E-state index contributed by atoms with van der Waals surface area (Å²) in [4.78, 5) is 10.2. The lowest BCUT2D eigenvalue weighted by Crippen LogP contribution is -1.91. The first kappa shape index (κ1) is 20.2. The van der Waals surface area contributed by atoms with Gasteiger partial charge in [-0.15, -0.1) is 0 Å². The zero-order chi connectivity index (χ0) is 15.8. The molecule has 0 bridgehead atoms. The van der Waals surface area contributed by atoms with Gasteiger partial charge in [-0.2, -0.15) is 8.42 Å². The summed E-state index contributed by atoms with van der Waals surface area (Å²) in [6, 6.07) is 0. The Bertz CT molecular complexity index is 366. The normalized spacial score (nSPS) is 10.5. The molecule has 0 N–H and O–H groups in total. The topological polar surface area (TPSA) is 71.1 Å². The van der Waals surface area contributed by atoms with Gasteiger partial charge >= 0.3 is 5.97 Å². The Kier molecular flexibility index (Phi) is 14.9. The molecule has 4 nitrogen and oxygen atoms in total. The van der Waals surface area contributed by atoms with E-state index in [1.165, 1.54) is 50.3 Å². The van der Waals surface area contributed by atoms with Crippen molar-refractivity contribution in [3.63, 3.8) is 0 Å². The quantitative estimate of drug-likeness (QED) is 0.337. The van der Waals surface area contributed by atoms with E-state index in [9.17, 15) is 18.3 Å². The van der Waals surface area contributed by atoms with Gasteiger partial charge in [-0.05, 0) is 19.3 Å². The first-order valence-electron chi connectivity index (χ1n) is 8.24. The highest BCUT2D eigenvalue weighted by atomic mass is 32.2. The van der Waals surface area contributed by atoms with E-state index in [4.69, 9.17) is 0 Å². The van der Waals surface area contributed by atoms with Crippen molar-refractivity contribution in [2.24, 2.45) is 0 Å². The van der Waals surface area contributed by atoms with Crippen LogP contribution in [0.4, 0.5) is 0 Å². The van der Waals surface area contributed by atoms with Gasteiger partial charge in [-0.25, -0.2) is 9.90 Å². The van der Waals surface area contributed by atoms with Crippen molar-refractivity contribution >= 4 is 21.6 Å². The lowest BCUT2D eigenvalue weighted by molar-refractivity contribution is -0.143. The molecule has 0 atom stereocenters. The summed E-state index contributed by atoms with van der Waals surface area (Å²) >= 11 is 0. The van der Waals surface area contributed by atoms with Gasteiger partial charge in [0, 0.05) is 5.37 Å². The van der Waals surface area contributed by atoms with Crippen molar-refractivity contribution in [2.45, 2.75) is 89.9 Å². The minimum absolute atomic E-state index is 0.197. The zero-order valence-electron chi connectivity index (χ0n) is 13.0. The number of rotatable bonds is 15. The first-order chi connectivity index (χ1) is 10.1. The van der Waals surface area contributed by atoms with Crippen LogP contribution < -0.4 is 0 Å². The summed E-state index contributed by atoms with van der Waals surface area (Å²) in [6.45, 7) is 0. The van der Waals surface area contributed by atoms with Gasteiger partial charge in [0.1, 0.15) is 0 Å². The molecule has 0 rings (SSSR count). The summed E-state index contributed by atoms with van der Waals surface area (Å²) in [7, 11) is -1.99. The molecular formula is C16H29O4S. The van der Waals surface area contributed by atoms with Gasteiger partial charge in [0.2, 0.25) is 10.3 Å². The Morgan fingerprint density at radius 3 is 1.43 bits per heavy atom. The summed E-state index contributed by atoms with van der Waals surface area (Å²) in [5, 5.41) is 11.5. The third kappa shape index (κ3) is 19.2. The maximum absolute atomic E-state index is 10.3. The highest BCUT2D eigenvalue weighted by Crippen LogP contribution is 2.12. The molecule has 0 amide bonds. The third-order valence-corrected chi connectivity index (χ3v) is 4.10. The second-order valence-electron chi connectivity index (χ2n) is 5.58. The molecule has 0 unspecified atom stereocenters. The average molecular weight is 317 g/mol. The number of carbonyl (C=O) groups excluding carboxylic acids is 1. The van der Waals surface area contributed by atoms with E-state index in [1.54, 1.807) is 0 Å². The molecule has 0 fully saturated rings. The zero-order valence-corrected chi connectivity index (χ0v) is 13.8. The van der Waals surface area contributed by atoms with Gasteiger partial charge in [0.15, 0.2) is 0 Å². The van der Waals surface area contributed by atoms with Crippen molar-refractivity contribution < 1.29 is 18.3 Å². The Hall–Kier alpha value is -0.840. The van der Waals surface area contributed by atoms with Crippen LogP contribution in [0.1, 0.15) is 89.9 Å². The molecule has 0 heterocycles. The van der Waals surface area contributed by atoms with Crippen LogP contribution >= 0.6 is 0 Å². The molecule has 0 spiro atoms. The molecule has 0 aromatic rings. The molecule has 21 heavy (non-hydrogen) atoms. The van der Waals surface area contributed by atoms with Crippen LogP contribution in [0.15, 0.2) is 0 Å². The number of hydrogen-bond donors (Lipinski definition) is 0. The predicted molar refractivity (Wildman–Crippen MR) is 85.3 cm³/mol. The average Bonchev–Trinajstić information content (AvgIpc) is 2.42. The summed E-state index contributed by atoms with van der Waals surface area (Å²) in [5.41, 5.74) is 0. The highest BCUT2D eigenvalue weighted by Gasteiger charge is 1.98. The number of carbonyl (C=O) groups is 1. The van der Waals surface area contributed by atoms with Crippen LogP contribution in [0.3, 0.4) is 0 Å². The first-order valence-corrected chi connectivity index (χ1v) is 9.38. The van der Waals surface area contributed by atoms with Crippen LogP contribution in [0.5, 0.6) is 0 Å². The fraction of sp³-hybridized carbons (Fsp3) is 0.875. The monoisotopic (exact) mass is 317 g/mol. The van der Waals surface area contributed by atoms with Gasteiger partial charge < -0.3 is 0 Å². The molecule has 5 heteroatoms. The van der Waals surface area contributed by atoms with Crippen LogP contribution in [-0.4, -0.2) is 19.8 Å². The van der Waals surface area contributed by atoms with Gasteiger partial charge in [-0.1, -0.05) is 64.2 Å². The molecule has 0 aromatic heterocycles. The molecule has 0 aliphatic rings. The van der Waals surface area contributed by atoms with Crippen molar-refractivity contribution in [1.82, 2.24) is 0 Å². The van der Waals surface area contributed by atoms with E-state index in [2.05, 4.69) is 0 Å². The van der Waals surface area contributed by atoms with Crippen molar-refractivity contribution in [3.8, 4) is 0 Å². The van der Waals surface area contributed by atoms with Gasteiger partial charge in [-0.3, -0.25) is 0 Å². The van der Waals surface area contributed by atoms with Gasteiger partial charge in [0.05, 0.1) is 6.42 Å². The number of hydrogen-bond acceptors (Lipinski definition) is 3. The second kappa shape index (κ2) is 15.5. The molecule has 0 saturated heterocycles. The summed E-state index contributed by atoms with van der Waals surface area (Å²) in [6.07, 6.45) is 14.5. The maximum Gasteiger partial charge on any atom is 0.355 e. The van der Waals surface area contributed by atoms with E-state index in [0.717, 1.165) is 32.1 Å². The predicted octanol–water partition coefficient (Wildman–Crippen LogP) is 4.09. The smallest absolute Gasteiger partial charge is 0.247 e. The molecule has 0 aliphatic heterocycles. The lowest BCUT2D eigenvalue weighted by Gasteiger charge is -2.02. The summed E-state index contributed by atoms with van der Waals surface area (Å²) in [5.74, 6) is -0.936. The van der Waals surface area contributed by atoms with Crippen LogP contribution in [0, 0.1) is 0 Å². The van der Waals surface area contributed by atoms with Crippen LogP contribution in [0.25, 0.3) is 0 Å². The minimum Gasteiger partial charge on any atom is -0.247 e. The molecule has 123 valence electrons. The Morgan fingerprint density at radius 2 is 1.05 bits per heavy atom. The standard InChI is InChI=1S/C16H29O4S/c17-16(18)14-12-10-8-6-4-2-1-3-5-7-9-11-13-15-21(19)20/h15H,1-14H2. The third-order valence-electron chi connectivity index (χ3n) is 3.59.